The highest BCUT2D eigenvalue weighted by Crippen LogP contribution is 2.25. The molecule has 0 unspecified atom stereocenters. The van der Waals surface area contributed by atoms with Crippen LogP contribution in [-0.4, -0.2) is 54.8 Å². The number of anilines is 1. The molecule has 11 heteroatoms. The number of primary amides is 1. The van der Waals surface area contributed by atoms with Crippen LogP contribution in [0.1, 0.15) is 31.4 Å². The number of nitrogens with one attached hydrogen (secondary N) is 2. The predicted octanol–water partition coefficient (Wildman–Crippen LogP) is 2.78. The number of nitrogens with two attached hydrogens (primary N) is 1. The van der Waals surface area contributed by atoms with E-state index in [1.54, 1.807) is 24.3 Å². The minimum absolute atomic E-state index is 0.0146. The maximum Gasteiger partial charge on any atom is 0.287 e. The number of aromatic nitrogens is 1. The van der Waals surface area contributed by atoms with Crippen LogP contribution in [0.3, 0.4) is 0 Å². The lowest BCUT2D eigenvalue weighted by molar-refractivity contribution is 0.0919. The van der Waals surface area contributed by atoms with Gasteiger partial charge < -0.3 is 25.7 Å². The molecule has 4 N–H and O–H groups in total. The number of benzene rings is 2. The first-order valence-electron chi connectivity index (χ1n) is 9.76. The highest BCUT2D eigenvalue weighted by molar-refractivity contribution is 6.34. The van der Waals surface area contributed by atoms with Crippen molar-refractivity contribution in [1.82, 2.24) is 15.2 Å². The Balaban J connectivity index is 1.76. The minimum Gasteiger partial charge on any atom is -0.430 e. The minimum atomic E-state index is -0.924. The Labute approximate surface area is 193 Å². The van der Waals surface area contributed by atoms with E-state index in [2.05, 4.69) is 15.6 Å². The topological polar surface area (TPSA) is 131 Å². The van der Waals surface area contributed by atoms with Gasteiger partial charge in [-0.25, -0.2) is 9.37 Å². The van der Waals surface area contributed by atoms with Gasteiger partial charge in [0, 0.05) is 24.3 Å². The molecule has 3 amide bonds. The summed E-state index contributed by atoms with van der Waals surface area (Å²) >= 11 is 5.92. The molecule has 0 radical (unpaired) electrons. The Kier molecular flexibility index (Phi) is 7.41. The first kappa shape index (κ1) is 23.9. The van der Waals surface area contributed by atoms with Gasteiger partial charge in [0.05, 0.1) is 10.6 Å². The van der Waals surface area contributed by atoms with Crippen molar-refractivity contribution in [3.8, 4) is 11.5 Å². The number of carbonyl (C=O) groups is 3. The number of hydrogen-bond donors (Lipinski definition) is 3. The largest absolute Gasteiger partial charge is 0.430 e. The Morgan fingerprint density at radius 1 is 1.12 bits per heavy atom. The van der Waals surface area contributed by atoms with Crippen molar-refractivity contribution in [2.24, 2.45) is 5.73 Å². The van der Waals surface area contributed by atoms with Crippen molar-refractivity contribution in [1.29, 1.82) is 0 Å². The zero-order valence-electron chi connectivity index (χ0n) is 17.8. The van der Waals surface area contributed by atoms with Crippen molar-refractivity contribution >= 4 is 35.0 Å². The lowest BCUT2D eigenvalue weighted by atomic mass is 10.1. The van der Waals surface area contributed by atoms with Gasteiger partial charge in [0.2, 0.25) is 11.7 Å². The van der Waals surface area contributed by atoms with Crippen molar-refractivity contribution in [3.05, 3.63) is 70.3 Å². The number of carbonyl (C=O) groups excluding carboxylic acids is 3. The smallest absolute Gasteiger partial charge is 0.287 e. The van der Waals surface area contributed by atoms with Gasteiger partial charge in [-0.2, -0.15) is 0 Å². The molecule has 1 aromatic heterocycles. The number of amides is 3. The number of nitrogens with zero attached hydrogens (tertiary/aromatic N) is 2. The molecular weight excluding hydrogens is 453 g/mol. The lowest BCUT2D eigenvalue weighted by Gasteiger charge is -2.09. The summed E-state index contributed by atoms with van der Waals surface area (Å²) < 4.78 is 18.6. The number of rotatable bonds is 8. The van der Waals surface area contributed by atoms with Crippen LogP contribution >= 0.6 is 11.6 Å². The molecule has 0 bridgehead atoms. The third-order valence-electron chi connectivity index (χ3n) is 4.48. The van der Waals surface area contributed by atoms with E-state index in [1.807, 2.05) is 19.0 Å². The Morgan fingerprint density at radius 2 is 1.82 bits per heavy atom. The normalized spacial score (nSPS) is 10.8. The van der Waals surface area contributed by atoms with Gasteiger partial charge in [0.25, 0.3) is 17.7 Å². The van der Waals surface area contributed by atoms with Crippen LogP contribution in [0.15, 0.2) is 46.9 Å². The van der Waals surface area contributed by atoms with E-state index in [0.717, 1.165) is 12.1 Å². The fourth-order valence-corrected chi connectivity index (χ4v) is 3.06. The maximum atomic E-state index is 13.2. The summed E-state index contributed by atoms with van der Waals surface area (Å²) in [5.41, 5.74) is 6.11. The molecule has 2 aromatic carbocycles. The first-order chi connectivity index (χ1) is 15.7. The van der Waals surface area contributed by atoms with E-state index in [0.29, 0.717) is 24.3 Å². The molecule has 0 saturated heterocycles. The summed E-state index contributed by atoms with van der Waals surface area (Å²) in [5.74, 6) is -2.91. The Morgan fingerprint density at radius 3 is 2.42 bits per heavy atom. The van der Waals surface area contributed by atoms with Crippen LogP contribution in [0.2, 0.25) is 5.02 Å². The quantitative estimate of drug-likeness (QED) is 0.461. The molecule has 3 rings (SSSR count). The van der Waals surface area contributed by atoms with Gasteiger partial charge in [-0.1, -0.05) is 11.6 Å². The fourth-order valence-electron chi connectivity index (χ4n) is 2.81. The summed E-state index contributed by atoms with van der Waals surface area (Å²) in [4.78, 5) is 42.5. The van der Waals surface area contributed by atoms with Gasteiger partial charge in [-0.15, -0.1) is 0 Å². The van der Waals surface area contributed by atoms with Crippen molar-refractivity contribution in [3.63, 3.8) is 0 Å². The molecule has 0 aliphatic heterocycles. The van der Waals surface area contributed by atoms with E-state index in [4.69, 9.17) is 21.8 Å². The van der Waals surface area contributed by atoms with E-state index >= 15 is 0 Å². The van der Waals surface area contributed by atoms with E-state index < -0.39 is 23.5 Å². The summed E-state index contributed by atoms with van der Waals surface area (Å²) in [5, 5.41) is 5.28. The standard InChI is InChI=1S/C22H21ClFN5O4/c1-29(2)10-9-26-21(32)17-18(19(25)30)33-22(28-17)12-3-6-14(7-4-12)27-20(31)15-8-5-13(24)11-16(15)23/h3-8,11H,9-10H2,1-2H3,(H2,25,30)(H,26,32)(H,27,31). The van der Waals surface area contributed by atoms with E-state index in [1.165, 1.54) is 6.07 Å². The third-order valence-corrected chi connectivity index (χ3v) is 4.79. The van der Waals surface area contributed by atoms with Gasteiger partial charge in [0.1, 0.15) is 5.82 Å². The molecule has 0 aliphatic rings. The average molecular weight is 474 g/mol. The molecule has 0 atom stereocenters. The summed E-state index contributed by atoms with van der Waals surface area (Å²) in [6.07, 6.45) is 0. The van der Waals surface area contributed by atoms with Crippen LogP contribution < -0.4 is 16.4 Å². The first-order valence-corrected chi connectivity index (χ1v) is 10.1. The Hall–Kier alpha value is -3.76. The zero-order valence-corrected chi connectivity index (χ0v) is 18.6. The average Bonchev–Trinajstić information content (AvgIpc) is 3.20. The van der Waals surface area contributed by atoms with Crippen LogP contribution in [0.25, 0.3) is 11.5 Å². The van der Waals surface area contributed by atoms with E-state index in [-0.39, 0.29) is 27.9 Å². The molecule has 172 valence electrons. The van der Waals surface area contributed by atoms with Crippen LogP contribution in [-0.2, 0) is 0 Å². The van der Waals surface area contributed by atoms with Crippen molar-refractivity contribution in [2.45, 2.75) is 0 Å². The highest BCUT2D eigenvalue weighted by atomic mass is 35.5. The fraction of sp³-hybridized carbons (Fsp3) is 0.182. The number of hydrogen-bond acceptors (Lipinski definition) is 6. The van der Waals surface area contributed by atoms with Gasteiger partial charge >= 0.3 is 0 Å². The summed E-state index contributed by atoms with van der Waals surface area (Å²) in [7, 11) is 3.71. The van der Waals surface area contributed by atoms with Crippen LogP contribution in [0.5, 0.6) is 0 Å². The van der Waals surface area contributed by atoms with Crippen molar-refractivity contribution < 1.29 is 23.2 Å². The molecule has 0 aliphatic carbocycles. The van der Waals surface area contributed by atoms with Gasteiger partial charge in [-0.05, 0) is 56.6 Å². The van der Waals surface area contributed by atoms with Crippen LogP contribution in [0.4, 0.5) is 10.1 Å². The van der Waals surface area contributed by atoms with E-state index in [9.17, 15) is 18.8 Å². The Bertz CT molecular complexity index is 1190. The molecule has 0 saturated carbocycles. The second-order valence-electron chi connectivity index (χ2n) is 7.28. The molecule has 0 fully saturated rings. The number of halogens is 2. The second kappa shape index (κ2) is 10.2. The maximum absolute atomic E-state index is 13.2. The number of likely N-dealkylation sites (N-methyl/N-ethyl adjacent to an activating group) is 1. The van der Waals surface area contributed by atoms with Gasteiger partial charge in [0.15, 0.2) is 5.69 Å². The monoisotopic (exact) mass is 473 g/mol. The third kappa shape index (κ3) is 5.93. The lowest BCUT2D eigenvalue weighted by Crippen LogP contribution is -2.32. The number of oxazole rings is 1. The second-order valence-corrected chi connectivity index (χ2v) is 7.68. The molecule has 9 nitrogen and oxygen atoms in total. The molecule has 1 heterocycles. The summed E-state index contributed by atoms with van der Waals surface area (Å²) in [6.45, 7) is 0.942. The SMILES string of the molecule is CN(C)CCNC(=O)c1nc(-c2ccc(NC(=O)c3ccc(F)cc3Cl)cc2)oc1C(N)=O. The predicted molar refractivity (Wildman–Crippen MR) is 121 cm³/mol. The molecule has 3 aromatic rings. The molecule has 0 spiro atoms. The van der Waals surface area contributed by atoms with Crippen LogP contribution in [0, 0.1) is 5.82 Å². The summed E-state index contributed by atoms with van der Waals surface area (Å²) in [6, 6.07) is 9.75. The molecular formula is C22H21ClFN5O4. The van der Waals surface area contributed by atoms with Gasteiger partial charge in [-0.3, -0.25) is 14.4 Å². The van der Waals surface area contributed by atoms with Crippen molar-refractivity contribution in [2.75, 3.05) is 32.5 Å². The molecule has 33 heavy (non-hydrogen) atoms. The highest BCUT2D eigenvalue weighted by Gasteiger charge is 2.24. The zero-order chi connectivity index (χ0) is 24.1.